The molecule has 20 heavy (non-hydrogen) atoms. The third-order valence-electron chi connectivity index (χ3n) is 3.65. The number of pyridine rings is 1. The van der Waals surface area contributed by atoms with Gasteiger partial charge in [0.05, 0.1) is 11.9 Å². The molecule has 1 fully saturated rings. The van der Waals surface area contributed by atoms with E-state index in [1.807, 2.05) is 4.90 Å². The first-order valence-electron chi connectivity index (χ1n) is 6.54. The minimum Gasteiger partial charge on any atom is -0.367 e. The van der Waals surface area contributed by atoms with Crippen molar-refractivity contribution in [3.63, 3.8) is 0 Å². The van der Waals surface area contributed by atoms with Crippen LogP contribution >= 0.6 is 0 Å². The van der Waals surface area contributed by atoms with Gasteiger partial charge < -0.3 is 16.4 Å². The van der Waals surface area contributed by atoms with Crippen molar-refractivity contribution in [2.45, 2.75) is 18.9 Å². The fourth-order valence-corrected chi connectivity index (χ4v) is 2.76. The molecule has 1 aliphatic rings. The van der Waals surface area contributed by atoms with E-state index in [0.29, 0.717) is 23.3 Å². The summed E-state index contributed by atoms with van der Waals surface area (Å²) in [5.74, 6) is -0.408. The van der Waals surface area contributed by atoms with Crippen LogP contribution in [0.2, 0.25) is 0 Å². The highest BCUT2D eigenvalue weighted by Gasteiger charge is 2.23. The monoisotopic (exact) mass is 277 g/mol. The number of aromatic nitrogens is 2. The molecule has 1 aliphatic heterocycles. The molecule has 1 atom stereocenters. The number of hydrogen-bond donors (Lipinski definition) is 2. The van der Waals surface area contributed by atoms with Crippen molar-refractivity contribution >= 4 is 22.8 Å². The molecule has 2 aromatic rings. The summed E-state index contributed by atoms with van der Waals surface area (Å²) < 4.78 is 15.4. The van der Waals surface area contributed by atoms with Crippen molar-refractivity contribution in [1.29, 1.82) is 0 Å². The number of carbonyl (C=O) groups is 1. The normalized spacial score (nSPS) is 19.5. The Labute approximate surface area is 115 Å². The first-order chi connectivity index (χ1) is 9.58. The second-order valence-corrected chi connectivity index (χ2v) is 5.06. The van der Waals surface area contributed by atoms with Crippen LogP contribution in [0.5, 0.6) is 0 Å². The lowest BCUT2D eigenvalue weighted by molar-refractivity contribution is 0.251. The van der Waals surface area contributed by atoms with E-state index in [1.54, 1.807) is 6.07 Å². The van der Waals surface area contributed by atoms with Crippen molar-refractivity contribution in [3.05, 3.63) is 24.3 Å². The maximum Gasteiger partial charge on any atom is 0.324 e. The van der Waals surface area contributed by atoms with Crippen molar-refractivity contribution < 1.29 is 9.18 Å². The lowest BCUT2D eigenvalue weighted by Gasteiger charge is -2.33. The van der Waals surface area contributed by atoms with Crippen LogP contribution < -0.4 is 16.4 Å². The van der Waals surface area contributed by atoms with Gasteiger partial charge in [-0.1, -0.05) is 0 Å². The summed E-state index contributed by atoms with van der Waals surface area (Å²) in [6.45, 7) is 1.34. The highest BCUT2D eigenvalue weighted by molar-refractivity contribution is 5.96. The van der Waals surface area contributed by atoms with E-state index in [1.165, 1.54) is 10.8 Å². The summed E-state index contributed by atoms with van der Waals surface area (Å²) >= 11 is 0. The summed E-state index contributed by atoms with van der Waals surface area (Å²) in [5, 5.41) is 0.581. The van der Waals surface area contributed by atoms with E-state index in [0.717, 1.165) is 25.6 Å². The van der Waals surface area contributed by atoms with Gasteiger partial charge in [-0.3, -0.25) is 4.57 Å². The van der Waals surface area contributed by atoms with Crippen molar-refractivity contribution in [1.82, 2.24) is 9.55 Å². The lowest BCUT2D eigenvalue weighted by Crippen LogP contribution is -2.43. The number of hydrogen-bond acceptors (Lipinski definition) is 4. The molecule has 1 amide bonds. The van der Waals surface area contributed by atoms with Gasteiger partial charge in [-0.2, -0.15) is 0 Å². The van der Waals surface area contributed by atoms with Gasteiger partial charge in [-0.05, 0) is 18.9 Å². The summed E-state index contributed by atoms with van der Waals surface area (Å²) in [5.41, 5.74) is 12.0. The molecule has 3 heterocycles. The molecule has 106 valence electrons. The Hall–Kier alpha value is -2.15. The van der Waals surface area contributed by atoms with Crippen LogP contribution in [0.4, 0.5) is 14.9 Å². The van der Waals surface area contributed by atoms with Gasteiger partial charge >= 0.3 is 6.03 Å². The summed E-state index contributed by atoms with van der Waals surface area (Å²) in [7, 11) is 0. The maximum absolute atomic E-state index is 14.2. The van der Waals surface area contributed by atoms with Crippen molar-refractivity contribution in [3.8, 4) is 0 Å². The molecule has 0 spiro atoms. The number of rotatable bonds is 1. The second kappa shape index (κ2) is 4.75. The topological polar surface area (TPSA) is 90.2 Å². The van der Waals surface area contributed by atoms with Gasteiger partial charge in [0.1, 0.15) is 5.65 Å². The summed E-state index contributed by atoms with van der Waals surface area (Å²) in [6.07, 6.45) is 4.49. The Bertz CT molecular complexity index is 668. The third kappa shape index (κ3) is 2.00. The molecule has 0 unspecified atom stereocenters. The van der Waals surface area contributed by atoms with Crippen LogP contribution in [0.3, 0.4) is 0 Å². The van der Waals surface area contributed by atoms with E-state index < -0.39 is 11.8 Å². The van der Waals surface area contributed by atoms with E-state index in [4.69, 9.17) is 11.5 Å². The summed E-state index contributed by atoms with van der Waals surface area (Å²) in [4.78, 5) is 17.2. The molecule has 6 nitrogen and oxygen atoms in total. The number of piperidine rings is 1. The van der Waals surface area contributed by atoms with Crippen LogP contribution in [-0.2, 0) is 0 Å². The molecule has 0 radical (unpaired) electrons. The first-order valence-corrected chi connectivity index (χ1v) is 6.54. The average molecular weight is 277 g/mol. The molecule has 3 rings (SSSR count). The molecule has 0 aliphatic carbocycles. The zero-order chi connectivity index (χ0) is 14.3. The molecular formula is C13H16FN5O. The Morgan fingerprint density at radius 1 is 1.50 bits per heavy atom. The van der Waals surface area contributed by atoms with E-state index in [-0.39, 0.29) is 6.04 Å². The van der Waals surface area contributed by atoms with Crippen molar-refractivity contribution in [2.75, 3.05) is 18.0 Å². The lowest BCUT2D eigenvalue weighted by atomic mass is 10.1. The second-order valence-electron chi connectivity index (χ2n) is 5.06. The predicted octanol–water partition coefficient (Wildman–Crippen LogP) is 1.03. The molecule has 0 saturated carbocycles. The van der Waals surface area contributed by atoms with Crippen LogP contribution in [0, 0.1) is 5.82 Å². The van der Waals surface area contributed by atoms with E-state index in [9.17, 15) is 9.18 Å². The number of nitrogens with two attached hydrogens (primary N) is 2. The molecular weight excluding hydrogens is 261 g/mol. The van der Waals surface area contributed by atoms with Crippen LogP contribution in [0.25, 0.3) is 11.0 Å². The number of anilines is 1. The predicted molar refractivity (Wildman–Crippen MR) is 74.1 cm³/mol. The zero-order valence-electron chi connectivity index (χ0n) is 10.9. The fraction of sp³-hybridized carbons (Fsp3) is 0.385. The molecule has 2 aromatic heterocycles. The quantitative estimate of drug-likeness (QED) is 0.814. The van der Waals surface area contributed by atoms with Gasteiger partial charge in [0.25, 0.3) is 0 Å². The molecule has 1 saturated heterocycles. The highest BCUT2D eigenvalue weighted by Crippen LogP contribution is 2.31. The Kier molecular flexibility index (Phi) is 3.06. The van der Waals surface area contributed by atoms with Gasteiger partial charge in [-0.15, -0.1) is 0 Å². The molecule has 7 heteroatoms. The number of carbonyl (C=O) groups excluding carboxylic acids is 1. The zero-order valence-corrected chi connectivity index (χ0v) is 10.9. The minimum atomic E-state index is -0.639. The maximum atomic E-state index is 14.2. The fourth-order valence-electron chi connectivity index (χ4n) is 2.76. The van der Waals surface area contributed by atoms with E-state index >= 15 is 0 Å². The Balaban J connectivity index is 2.14. The van der Waals surface area contributed by atoms with E-state index in [2.05, 4.69) is 4.98 Å². The average Bonchev–Trinajstić information content (AvgIpc) is 2.82. The number of primary amides is 1. The number of fused-ring (bicyclic) bond motifs is 1. The number of halogens is 1. The van der Waals surface area contributed by atoms with Crippen molar-refractivity contribution in [2.24, 2.45) is 11.5 Å². The Morgan fingerprint density at radius 3 is 3.00 bits per heavy atom. The Morgan fingerprint density at radius 2 is 2.30 bits per heavy atom. The molecule has 0 bridgehead atoms. The number of amides is 1. The van der Waals surface area contributed by atoms with Crippen LogP contribution in [0.15, 0.2) is 18.5 Å². The molecule has 0 aromatic carbocycles. The third-order valence-corrected chi connectivity index (χ3v) is 3.65. The van der Waals surface area contributed by atoms with Gasteiger partial charge in [0, 0.05) is 30.7 Å². The van der Waals surface area contributed by atoms with Gasteiger partial charge in [-0.25, -0.2) is 14.2 Å². The standard InChI is InChI=1S/C13H16FN5O/c14-10-6-17-12-9(3-5-19(12)13(16)20)11(10)18-4-1-2-8(15)7-18/h3,5-6,8H,1-2,4,7,15H2,(H2,16,20)/t8-/m1/s1. The molecule has 4 N–H and O–H groups in total. The smallest absolute Gasteiger partial charge is 0.324 e. The largest absolute Gasteiger partial charge is 0.367 e. The highest BCUT2D eigenvalue weighted by atomic mass is 19.1. The van der Waals surface area contributed by atoms with Gasteiger partial charge in [0.15, 0.2) is 5.82 Å². The van der Waals surface area contributed by atoms with Gasteiger partial charge in [0.2, 0.25) is 0 Å². The first kappa shape index (κ1) is 12.9. The summed E-state index contributed by atoms with van der Waals surface area (Å²) in [6, 6.07) is 1.05. The van der Waals surface area contributed by atoms with Crippen LogP contribution in [-0.4, -0.2) is 34.7 Å². The minimum absolute atomic E-state index is 0.0320. The van der Waals surface area contributed by atoms with Crippen LogP contribution in [0.1, 0.15) is 12.8 Å². The SMILES string of the molecule is NC(=O)n1ccc2c(N3CCC[C@@H](N)C3)c(F)cnc21. The number of nitrogens with zero attached hydrogens (tertiary/aromatic N) is 3.